The summed E-state index contributed by atoms with van der Waals surface area (Å²) in [7, 11) is 2.17. The summed E-state index contributed by atoms with van der Waals surface area (Å²) in [6.45, 7) is 4.05. The van der Waals surface area contributed by atoms with Crippen molar-refractivity contribution in [1.29, 1.82) is 0 Å². The van der Waals surface area contributed by atoms with Gasteiger partial charge in [0, 0.05) is 49.0 Å². The summed E-state index contributed by atoms with van der Waals surface area (Å²) in [5, 5.41) is 5.06. The number of anilines is 1. The Kier molecular flexibility index (Phi) is 5.13. The molecule has 5 aromatic rings. The molecule has 0 aliphatic carbocycles. The van der Waals surface area contributed by atoms with Gasteiger partial charge in [0.15, 0.2) is 5.65 Å². The Hall–Kier alpha value is -3.55. The third-order valence-electron chi connectivity index (χ3n) is 6.14. The van der Waals surface area contributed by atoms with E-state index in [0.29, 0.717) is 0 Å². The zero-order valence-corrected chi connectivity index (χ0v) is 19.2. The molecule has 0 bridgehead atoms. The number of rotatable bonds is 4. The fourth-order valence-electron chi connectivity index (χ4n) is 4.29. The van der Waals surface area contributed by atoms with Crippen LogP contribution in [0, 0.1) is 0 Å². The van der Waals surface area contributed by atoms with Gasteiger partial charge in [0.25, 0.3) is 0 Å². The van der Waals surface area contributed by atoms with Crippen LogP contribution in [-0.2, 0) is 0 Å². The number of benzene rings is 1. The monoisotopic (exact) mass is 452 g/mol. The molecule has 164 valence electrons. The highest BCUT2D eigenvalue weighted by atomic mass is 32.1. The minimum Gasteiger partial charge on any atom is -0.353 e. The van der Waals surface area contributed by atoms with Crippen LogP contribution in [0.1, 0.15) is 0 Å². The van der Waals surface area contributed by atoms with Gasteiger partial charge in [0.2, 0.25) is 0 Å². The number of imidazole rings is 1. The molecular weight excluding hydrogens is 428 g/mol. The van der Waals surface area contributed by atoms with Gasteiger partial charge in [-0.2, -0.15) is 0 Å². The lowest BCUT2D eigenvalue weighted by Crippen LogP contribution is -2.44. The zero-order valence-electron chi connectivity index (χ0n) is 18.4. The maximum Gasteiger partial charge on any atom is 0.155 e. The molecule has 0 N–H and O–H groups in total. The molecule has 0 atom stereocenters. The average Bonchev–Trinajstić information content (AvgIpc) is 3.50. The molecule has 6 nitrogen and oxygen atoms in total. The Bertz CT molecular complexity index is 1380. The van der Waals surface area contributed by atoms with Gasteiger partial charge in [0.05, 0.1) is 4.88 Å². The molecule has 1 saturated heterocycles. The fourth-order valence-corrected chi connectivity index (χ4v) is 5.29. The summed E-state index contributed by atoms with van der Waals surface area (Å²) < 4.78 is 2.00. The predicted molar refractivity (Wildman–Crippen MR) is 135 cm³/mol. The van der Waals surface area contributed by atoms with E-state index in [1.807, 2.05) is 35.1 Å². The van der Waals surface area contributed by atoms with E-state index in [-0.39, 0.29) is 0 Å². The first-order valence-corrected chi connectivity index (χ1v) is 12.0. The van der Waals surface area contributed by atoms with E-state index in [2.05, 4.69) is 70.4 Å². The second-order valence-corrected chi connectivity index (χ2v) is 9.41. The largest absolute Gasteiger partial charge is 0.353 e. The molecule has 33 heavy (non-hydrogen) atoms. The molecular formula is C26H24N6S. The summed E-state index contributed by atoms with van der Waals surface area (Å²) >= 11 is 1.76. The van der Waals surface area contributed by atoms with Crippen molar-refractivity contribution in [2.75, 3.05) is 38.1 Å². The van der Waals surface area contributed by atoms with Gasteiger partial charge < -0.3 is 9.80 Å². The van der Waals surface area contributed by atoms with E-state index in [1.165, 1.54) is 10.4 Å². The van der Waals surface area contributed by atoms with Gasteiger partial charge in [-0.3, -0.25) is 4.98 Å². The maximum atomic E-state index is 5.06. The first-order valence-electron chi connectivity index (χ1n) is 11.2. The average molecular weight is 453 g/mol. The van der Waals surface area contributed by atoms with Gasteiger partial charge in [-0.1, -0.05) is 30.3 Å². The van der Waals surface area contributed by atoms with Crippen LogP contribution >= 0.6 is 11.3 Å². The van der Waals surface area contributed by atoms with Gasteiger partial charge >= 0.3 is 0 Å². The fraction of sp³-hybridized carbons (Fsp3) is 0.192. The smallest absolute Gasteiger partial charge is 0.155 e. The molecule has 4 aromatic heterocycles. The standard InChI is InChI=1S/C26H24N6S/c1-30-15-17-31(18-16-30)24-10-9-23-28-25(26(32(23)29-24)20-11-13-27-14-12-20)22-8-7-21(33-22)19-5-3-2-4-6-19/h2-14H,15-18H2,1H3. The van der Waals surface area contributed by atoms with Gasteiger partial charge in [-0.15, -0.1) is 16.4 Å². The number of piperazine rings is 1. The highest BCUT2D eigenvalue weighted by Gasteiger charge is 2.21. The summed E-state index contributed by atoms with van der Waals surface area (Å²) in [5.41, 5.74) is 5.09. The van der Waals surface area contributed by atoms with Crippen LogP contribution in [0.3, 0.4) is 0 Å². The predicted octanol–water partition coefficient (Wildman–Crippen LogP) is 4.94. The molecule has 1 aromatic carbocycles. The first kappa shape index (κ1) is 20.1. The van der Waals surface area contributed by atoms with Gasteiger partial charge in [-0.25, -0.2) is 9.50 Å². The molecule has 0 unspecified atom stereocenters. The summed E-state index contributed by atoms with van der Waals surface area (Å²) in [5.74, 6) is 0.992. The van der Waals surface area contributed by atoms with E-state index < -0.39 is 0 Å². The molecule has 1 aliphatic rings. The molecule has 0 radical (unpaired) electrons. The van der Waals surface area contributed by atoms with Crippen molar-refractivity contribution in [3.8, 4) is 32.3 Å². The number of fused-ring (bicyclic) bond motifs is 1. The van der Waals surface area contributed by atoms with Crippen molar-refractivity contribution in [2.45, 2.75) is 0 Å². The van der Waals surface area contributed by atoms with Crippen LogP contribution in [-0.4, -0.2) is 57.7 Å². The second kappa shape index (κ2) is 8.42. The maximum absolute atomic E-state index is 5.06. The molecule has 7 heteroatoms. The van der Waals surface area contributed by atoms with Crippen molar-refractivity contribution in [3.63, 3.8) is 0 Å². The van der Waals surface area contributed by atoms with Gasteiger partial charge in [-0.05, 0) is 49.0 Å². The summed E-state index contributed by atoms with van der Waals surface area (Å²) in [6, 6.07) is 23.1. The number of likely N-dealkylation sites (N-methyl/N-ethyl adjacent to an activating group) is 1. The molecule has 1 fully saturated rings. The van der Waals surface area contributed by atoms with Crippen molar-refractivity contribution in [2.24, 2.45) is 0 Å². The lowest BCUT2D eigenvalue weighted by Gasteiger charge is -2.33. The van der Waals surface area contributed by atoms with Crippen molar-refractivity contribution >= 4 is 22.8 Å². The lowest BCUT2D eigenvalue weighted by atomic mass is 10.1. The zero-order chi connectivity index (χ0) is 22.2. The lowest BCUT2D eigenvalue weighted by molar-refractivity contribution is 0.311. The number of thiophene rings is 1. The minimum atomic E-state index is 0.851. The van der Waals surface area contributed by atoms with Crippen LogP contribution in [0.25, 0.3) is 37.9 Å². The number of hydrogen-bond donors (Lipinski definition) is 0. The van der Waals surface area contributed by atoms with Gasteiger partial charge in [0.1, 0.15) is 17.2 Å². The van der Waals surface area contributed by atoms with Crippen LogP contribution in [0.2, 0.25) is 0 Å². The number of aromatic nitrogens is 4. The third-order valence-corrected chi connectivity index (χ3v) is 7.28. The highest BCUT2D eigenvalue weighted by molar-refractivity contribution is 7.18. The van der Waals surface area contributed by atoms with Crippen LogP contribution in [0.5, 0.6) is 0 Å². The molecule has 0 amide bonds. The van der Waals surface area contributed by atoms with Crippen molar-refractivity contribution in [3.05, 3.63) is 79.1 Å². The van der Waals surface area contributed by atoms with Crippen LogP contribution in [0.4, 0.5) is 5.82 Å². The molecule has 6 rings (SSSR count). The number of hydrogen-bond acceptors (Lipinski definition) is 6. The number of nitrogens with zero attached hydrogens (tertiary/aromatic N) is 6. The molecule has 0 saturated carbocycles. The van der Waals surface area contributed by atoms with E-state index in [0.717, 1.165) is 59.5 Å². The Morgan fingerprint density at radius 1 is 0.758 bits per heavy atom. The Morgan fingerprint density at radius 3 is 2.30 bits per heavy atom. The second-order valence-electron chi connectivity index (χ2n) is 8.33. The minimum absolute atomic E-state index is 0.851. The Morgan fingerprint density at radius 2 is 1.52 bits per heavy atom. The topological polar surface area (TPSA) is 49.6 Å². The molecule has 1 aliphatic heterocycles. The first-order chi connectivity index (χ1) is 16.3. The van der Waals surface area contributed by atoms with E-state index in [4.69, 9.17) is 10.1 Å². The SMILES string of the molecule is CN1CCN(c2ccc3nc(-c4ccc(-c5ccccc5)s4)c(-c4ccncc4)n3n2)CC1. The molecule has 0 spiro atoms. The highest BCUT2D eigenvalue weighted by Crippen LogP contribution is 2.39. The van der Waals surface area contributed by atoms with Crippen molar-refractivity contribution in [1.82, 2.24) is 24.5 Å². The summed E-state index contributed by atoms with van der Waals surface area (Å²) in [6.07, 6.45) is 3.65. The van der Waals surface area contributed by atoms with E-state index in [1.54, 1.807) is 11.3 Å². The van der Waals surface area contributed by atoms with Crippen LogP contribution in [0.15, 0.2) is 79.1 Å². The van der Waals surface area contributed by atoms with E-state index >= 15 is 0 Å². The quantitative estimate of drug-likeness (QED) is 0.387. The normalized spacial score (nSPS) is 14.8. The molecule has 5 heterocycles. The van der Waals surface area contributed by atoms with Crippen molar-refractivity contribution < 1.29 is 0 Å². The van der Waals surface area contributed by atoms with E-state index in [9.17, 15) is 0 Å². The third kappa shape index (κ3) is 3.79. The summed E-state index contributed by atoms with van der Waals surface area (Å²) in [4.78, 5) is 16.3. The number of pyridine rings is 1. The Balaban J connectivity index is 1.48. The van der Waals surface area contributed by atoms with Crippen LogP contribution < -0.4 is 4.90 Å². The Labute approximate surface area is 196 Å².